The Morgan fingerprint density at radius 2 is 1.65 bits per heavy atom. The fourth-order valence-electron chi connectivity index (χ4n) is 3.07. The first kappa shape index (κ1) is 24.1. The van der Waals surface area contributed by atoms with Gasteiger partial charge in [-0.25, -0.2) is 10.3 Å². The predicted molar refractivity (Wildman–Crippen MR) is 124 cm³/mol. The third-order valence-corrected chi connectivity index (χ3v) is 4.65. The van der Waals surface area contributed by atoms with Crippen LogP contribution in [-0.4, -0.2) is 35.5 Å². The average Bonchev–Trinajstić information content (AvgIpc) is 2.86. The molecule has 2 atom stereocenters. The number of hydroxylamine groups is 1. The van der Waals surface area contributed by atoms with Crippen molar-refractivity contribution in [3.8, 4) is 17.2 Å². The Hall–Kier alpha value is -4.50. The minimum atomic E-state index is -1.11. The van der Waals surface area contributed by atoms with Gasteiger partial charge in [0.25, 0.3) is 5.91 Å². The second-order valence-electron chi connectivity index (χ2n) is 6.98. The smallest absolute Gasteiger partial charge is 0.412 e. The first-order valence-corrected chi connectivity index (χ1v) is 10.2. The molecule has 34 heavy (non-hydrogen) atoms. The molecule has 3 aromatic carbocycles. The number of phenols is 1. The highest BCUT2D eigenvalue weighted by molar-refractivity contribution is 5.86. The third-order valence-electron chi connectivity index (χ3n) is 4.65. The van der Waals surface area contributed by atoms with E-state index in [1.54, 1.807) is 66.7 Å². The van der Waals surface area contributed by atoms with Crippen molar-refractivity contribution in [2.75, 3.05) is 12.4 Å². The number of aromatic hydroxyl groups is 1. The number of nitrogens with one attached hydrogen (secondary N) is 2. The van der Waals surface area contributed by atoms with Gasteiger partial charge in [0, 0.05) is 17.3 Å². The minimum Gasteiger partial charge on any atom is -0.504 e. The summed E-state index contributed by atoms with van der Waals surface area (Å²) in [7, 11) is 1.41. The predicted octanol–water partition coefficient (Wildman–Crippen LogP) is 4.20. The van der Waals surface area contributed by atoms with Crippen LogP contribution in [-0.2, 0) is 9.53 Å². The molecule has 0 aromatic heterocycles. The summed E-state index contributed by atoms with van der Waals surface area (Å²) < 4.78 is 16.8. The largest absolute Gasteiger partial charge is 0.504 e. The van der Waals surface area contributed by atoms with E-state index in [9.17, 15) is 14.7 Å². The van der Waals surface area contributed by atoms with Crippen LogP contribution in [0.3, 0.4) is 0 Å². The van der Waals surface area contributed by atoms with Crippen molar-refractivity contribution in [1.29, 1.82) is 0 Å². The molecule has 0 saturated carbocycles. The number of benzene rings is 3. The summed E-state index contributed by atoms with van der Waals surface area (Å²) in [6.07, 6.45) is -0.534. The normalized spacial score (nSPS) is 12.4. The zero-order valence-electron chi connectivity index (χ0n) is 18.3. The highest BCUT2D eigenvalue weighted by atomic mass is 16.6. The van der Waals surface area contributed by atoms with E-state index in [0.717, 1.165) is 6.08 Å². The topological polar surface area (TPSA) is 126 Å². The maximum atomic E-state index is 12.7. The first-order chi connectivity index (χ1) is 16.5. The number of hydrogen-bond acceptors (Lipinski definition) is 7. The Morgan fingerprint density at radius 3 is 2.26 bits per heavy atom. The molecular formula is C25H24N2O7. The van der Waals surface area contributed by atoms with Crippen LogP contribution in [0.25, 0.3) is 0 Å². The molecular weight excluding hydrogens is 440 g/mol. The van der Waals surface area contributed by atoms with Gasteiger partial charge in [-0.15, -0.1) is 0 Å². The van der Waals surface area contributed by atoms with E-state index in [2.05, 4.69) is 5.32 Å². The molecule has 0 heterocycles. The van der Waals surface area contributed by atoms with Gasteiger partial charge in [0.2, 0.25) is 0 Å². The number of phenolic OH excluding ortho intramolecular Hbond substituents is 1. The maximum absolute atomic E-state index is 12.7. The number of amides is 2. The number of carbonyl (C=O) groups excluding carboxylic acids is 2. The molecule has 0 aliphatic heterocycles. The number of rotatable bonds is 9. The first-order valence-electron chi connectivity index (χ1n) is 10.2. The van der Waals surface area contributed by atoms with Gasteiger partial charge in [0.1, 0.15) is 5.75 Å². The summed E-state index contributed by atoms with van der Waals surface area (Å²) in [6, 6.07) is 21.9. The van der Waals surface area contributed by atoms with E-state index in [-0.39, 0.29) is 11.5 Å². The fraction of sp³-hybridized carbons (Fsp3) is 0.120. The van der Waals surface area contributed by atoms with Crippen molar-refractivity contribution in [2.45, 2.75) is 12.2 Å². The van der Waals surface area contributed by atoms with Crippen molar-refractivity contribution in [3.63, 3.8) is 0 Å². The van der Waals surface area contributed by atoms with Gasteiger partial charge in [-0.3, -0.25) is 15.3 Å². The van der Waals surface area contributed by atoms with Gasteiger partial charge in [0.05, 0.1) is 7.11 Å². The summed E-state index contributed by atoms with van der Waals surface area (Å²) >= 11 is 0. The number of hydrogen-bond donors (Lipinski definition) is 4. The summed E-state index contributed by atoms with van der Waals surface area (Å²) in [5.74, 6) is -0.303. The lowest BCUT2D eigenvalue weighted by Crippen LogP contribution is -2.30. The second kappa shape index (κ2) is 11.9. The third kappa shape index (κ3) is 6.75. The van der Waals surface area contributed by atoms with Crippen LogP contribution in [0, 0.1) is 0 Å². The molecule has 3 aromatic rings. The highest BCUT2D eigenvalue weighted by Crippen LogP contribution is 2.33. The van der Waals surface area contributed by atoms with E-state index < -0.39 is 24.2 Å². The standard InChI is InChI=1S/C25H24N2O7/c1-32-21-13-12-17(16-20(21)28)24(34-25(30)26-18-8-4-2-5-9-18)22(14-15-23(29)27-31)33-19-10-6-3-7-11-19/h2-16,22,24,28,31H,1H3,(H,26,30)(H,27,29)/b15-14+/t22-,24-/m1/s1. The number of methoxy groups -OCH3 is 1. The number of ether oxygens (including phenoxy) is 3. The molecule has 176 valence electrons. The van der Waals surface area contributed by atoms with E-state index in [0.29, 0.717) is 17.0 Å². The number of para-hydroxylation sites is 2. The van der Waals surface area contributed by atoms with Gasteiger partial charge < -0.3 is 19.3 Å². The minimum absolute atomic E-state index is 0.174. The Morgan fingerprint density at radius 1 is 0.971 bits per heavy atom. The van der Waals surface area contributed by atoms with Gasteiger partial charge in [-0.2, -0.15) is 0 Å². The van der Waals surface area contributed by atoms with E-state index in [1.165, 1.54) is 30.8 Å². The lowest BCUT2D eigenvalue weighted by molar-refractivity contribution is -0.124. The summed E-state index contributed by atoms with van der Waals surface area (Å²) in [6.45, 7) is 0. The van der Waals surface area contributed by atoms with Crippen molar-refractivity contribution in [2.24, 2.45) is 0 Å². The molecule has 0 fully saturated rings. The van der Waals surface area contributed by atoms with Crippen molar-refractivity contribution in [1.82, 2.24) is 5.48 Å². The molecule has 9 heteroatoms. The van der Waals surface area contributed by atoms with Crippen LogP contribution in [0.4, 0.5) is 10.5 Å². The van der Waals surface area contributed by atoms with Gasteiger partial charge in [-0.05, 0) is 42.5 Å². The Kier molecular flexibility index (Phi) is 8.48. The van der Waals surface area contributed by atoms with Gasteiger partial charge in [-0.1, -0.05) is 42.5 Å². The Bertz CT molecular complexity index is 1120. The molecule has 0 radical (unpaired) electrons. The lowest BCUT2D eigenvalue weighted by Gasteiger charge is -2.26. The summed E-state index contributed by atoms with van der Waals surface area (Å²) in [5.41, 5.74) is 2.39. The molecule has 0 bridgehead atoms. The number of carbonyl (C=O) groups is 2. The molecule has 4 N–H and O–H groups in total. The molecule has 2 amide bonds. The lowest BCUT2D eigenvalue weighted by atomic mass is 10.0. The molecule has 0 unspecified atom stereocenters. The van der Waals surface area contributed by atoms with E-state index in [4.69, 9.17) is 19.4 Å². The molecule has 0 aliphatic rings. The zero-order valence-corrected chi connectivity index (χ0v) is 18.3. The van der Waals surface area contributed by atoms with E-state index in [1.807, 2.05) is 0 Å². The van der Waals surface area contributed by atoms with Crippen LogP contribution >= 0.6 is 0 Å². The quantitative estimate of drug-likeness (QED) is 0.212. The molecule has 3 rings (SSSR count). The van der Waals surface area contributed by atoms with Crippen LogP contribution < -0.4 is 20.3 Å². The molecule has 9 nitrogen and oxygen atoms in total. The van der Waals surface area contributed by atoms with Crippen LogP contribution in [0.15, 0.2) is 91.0 Å². The van der Waals surface area contributed by atoms with E-state index >= 15 is 0 Å². The zero-order chi connectivity index (χ0) is 24.3. The monoisotopic (exact) mass is 464 g/mol. The Balaban J connectivity index is 1.97. The van der Waals surface area contributed by atoms with Crippen LogP contribution in [0.1, 0.15) is 11.7 Å². The van der Waals surface area contributed by atoms with Crippen LogP contribution in [0.2, 0.25) is 0 Å². The molecule has 0 aliphatic carbocycles. The SMILES string of the molecule is COc1ccc([C@@H](OC(=O)Nc2ccccc2)[C@@H](/C=C/C(=O)NO)Oc2ccccc2)cc1O. The van der Waals surface area contributed by atoms with Gasteiger partial charge in [0.15, 0.2) is 23.7 Å². The summed E-state index contributed by atoms with van der Waals surface area (Å²) in [4.78, 5) is 24.4. The second-order valence-corrected chi connectivity index (χ2v) is 6.98. The number of anilines is 1. The fourth-order valence-corrected chi connectivity index (χ4v) is 3.07. The van der Waals surface area contributed by atoms with Crippen molar-refractivity contribution < 1.29 is 34.1 Å². The summed E-state index contributed by atoms with van der Waals surface area (Å²) in [5, 5.41) is 21.8. The molecule has 0 saturated heterocycles. The highest BCUT2D eigenvalue weighted by Gasteiger charge is 2.29. The average molecular weight is 464 g/mol. The molecule has 0 spiro atoms. The van der Waals surface area contributed by atoms with Crippen LogP contribution in [0.5, 0.6) is 17.2 Å². The van der Waals surface area contributed by atoms with Gasteiger partial charge >= 0.3 is 6.09 Å². The maximum Gasteiger partial charge on any atom is 0.412 e. The van der Waals surface area contributed by atoms with Crippen molar-refractivity contribution in [3.05, 3.63) is 96.6 Å². The Labute approximate surface area is 196 Å². The van der Waals surface area contributed by atoms with Crippen molar-refractivity contribution >= 4 is 17.7 Å².